The lowest BCUT2D eigenvalue weighted by Gasteiger charge is -2.46. The van der Waals surface area contributed by atoms with Gasteiger partial charge in [-0.05, 0) is 33.2 Å². The Balaban J connectivity index is 1.97. The molecular weight excluding hydrogens is 174 g/mol. The molecule has 3 nitrogen and oxygen atoms in total. The normalized spacial score (nSPS) is 41.1. The Kier molecular flexibility index (Phi) is 3.42. The molecule has 2 rings (SSSR count). The van der Waals surface area contributed by atoms with Crippen molar-refractivity contribution in [3.63, 3.8) is 0 Å². The van der Waals surface area contributed by atoms with Gasteiger partial charge in [0.1, 0.15) is 0 Å². The maximum Gasteiger partial charge on any atom is 0.0227 e. The predicted octanol–water partition coefficient (Wildman–Crippen LogP) is 0.421. The zero-order valence-corrected chi connectivity index (χ0v) is 9.42. The van der Waals surface area contributed by atoms with Crippen LogP contribution in [0.4, 0.5) is 0 Å². The fraction of sp³-hybridized carbons (Fsp3) is 1.00. The summed E-state index contributed by atoms with van der Waals surface area (Å²) >= 11 is 0. The smallest absolute Gasteiger partial charge is 0.0227 e. The van der Waals surface area contributed by atoms with Crippen molar-refractivity contribution in [1.82, 2.24) is 15.5 Å². The molecule has 0 radical (unpaired) electrons. The minimum Gasteiger partial charge on any atom is -0.315 e. The molecule has 0 aromatic rings. The fourth-order valence-electron chi connectivity index (χ4n) is 2.95. The third-order valence-corrected chi connectivity index (χ3v) is 3.59. The zero-order chi connectivity index (χ0) is 9.97. The largest absolute Gasteiger partial charge is 0.315 e. The molecule has 0 bridgehead atoms. The molecule has 3 unspecified atom stereocenters. The van der Waals surface area contributed by atoms with E-state index in [-0.39, 0.29) is 0 Å². The molecule has 3 atom stereocenters. The Morgan fingerprint density at radius 2 is 1.71 bits per heavy atom. The van der Waals surface area contributed by atoms with Crippen LogP contribution in [-0.4, -0.2) is 49.2 Å². The highest BCUT2D eigenvalue weighted by molar-refractivity contribution is 4.89. The number of nitrogens with zero attached hydrogens (tertiary/aromatic N) is 1. The van der Waals surface area contributed by atoms with Gasteiger partial charge in [0.05, 0.1) is 0 Å². The first-order chi connectivity index (χ1) is 6.79. The molecule has 0 saturated carbocycles. The van der Waals surface area contributed by atoms with Crippen LogP contribution in [0, 0.1) is 0 Å². The highest BCUT2D eigenvalue weighted by Crippen LogP contribution is 2.18. The van der Waals surface area contributed by atoms with Crippen molar-refractivity contribution < 1.29 is 0 Å². The van der Waals surface area contributed by atoms with Crippen molar-refractivity contribution in [2.24, 2.45) is 0 Å². The molecule has 82 valence electrons. The van der Waals surface area contributed by atoms with E-state index in [1.807, 2.05) is 0 Å². The quantitative estimate of drug-likeness (QED) is 0.638. The number of hydrogen-bond acceptors (Lipinski definition) is 3. The Morgan fingerprint density at radius 3 is 2.29 bits per heavy atom. The van der Waals surface area contributed by atoms with Crippen LogP contribution in [0.15, 0.2) is 0 Å². The summed E-state index contributed by atoms with van der Waals surface area (Å²) in [5.74, 6) is 0. The van der Waals surface area contributed by atoms with E-state index in [0.29, 0.717) is 12.1 Å². The van der Waals surface area contributed by atoms with Crippen LogP contribution in [0.1, 0.15) is 26.7 Å². The van der Waals surface area contributed by atoms with E-state index in [1.165, 1.54) is 25.9 Å². The molecule has 0 aromatic carbocycles. The molecule has 14 heavy (non-hydrogen) atoms. The van der Waals surface area contributed by atoms with E-state index in [1.54, 1.807) is 0 Å². The van der Waals surface area contributed by atoms with E-state index in [4.69, 9.17) is 0 Å². The van der Waals surface area contributed by atoms with Gasteiger partial charge < -0.3 is 10.6 Å². The standard InChI is InChI=1S/C11H23N3/c1-9-6-13-7-10(2)14(9)11-4-3-5-12-8-11/h9-13H,3-8H2,1-2H3. The molecule has 2 saturated heterocycles. The van der Waals surface area contributed by atoms with E-state index >= 15 is 0 Å². The van der Waals surface area contributed by atoms with Crippen LogP contribution >= 0.6 is 0 Å². The van der Waals surface area contributed by atoms with Gasteiger partial charge in [0.2, 0.25) is 0 Å². The number of piperazine rings is 1. The Bertz CT molecular complexity index is 167. The SMILES string of the molecule is CC1CNCC(C)N1C1CCCNC1. The Morgan fingerprint density at radius 1 is 1.00 bits per heavy atom. The average molecular weight is 197 g/mol. The van der Waals surface area contributed by atoms with Crippen molar-refractivity contribution >= 4 is 0 Å². The predicted molar refractivity (Wildman–Crippen MR) is 59.5 cm³/mol. The maximum atomic E-state index is 3.51. The second-order valence-electron chi connectivity index (χ2n) is 4.80. The summed E-state index contributed by atoms with van der Waals surface area (Å²) in [6.45, 7) is 9.40. The van der Waals surface area contributed by atoms with Gasteiger partial charge in [-0.25, -0.2) is 0 Å². The number of nitrogens with one attached hydrogen (secondary N) is 2. The average Bonchev–Trinajstić information content (AvgIpc) is 2.19. The van der Waals surface area contributed by atoms with Gasteiger partial charge in [0.15, 0.2) is 0 Å². The molecular formula is C11H23N3. The third-order valence-electron chi connectivity index (χ3n) is 3.59. The molecule has 2 fully saturated rings. The third kappa shape index (κ3) is 2.10. The molecule has 0 aliphatic carbocycles. The molecule has 0 amide bonds. The summed E-state index contributed by atoms with van der Waals surface area (Å²) < 4.78 is 0. The minimum absolute atomic E-state index is 0.698. The van der Waals surface area contributed by atoms with Gasteiger partial charge in [-0.15, -0.1) is 0 Å². The van der Waals surface area contributed by atoms with Gasteiger partial charge in [-0.2, -0.15) is 0 Å². The van der Waals surface area contributed by atoms with E-state index < -0.39 is 0 Å². The number of piperidine rings is 1. The summed E-state index contributed by atoms with van der Waals surface area (Å²) in [5, 5.41) is 7.00. The fourth-order valence-corrected chi connectivity index (χ4v) is 2.95. The number of hydrogen-bond donors (Lipinski definition) is 2. The van der Waals surface area contributed by atoms with Crippen LogP contribution in [0.5, 0.6) is 0 Å². The van der Waals surface area contributed by atoms with E-state index in [9.17, 15) is 0 Å². The van der Waals surface area contributed by atoms with E-state index in [0.717, 1.165) is 19.1 Å². The second kappa shape index (κ2) is 4.60. The first-order valence-corrected chi connectivity index (χ1v) is 5.98. The monoisotopic (exact) mass is 197 g/mol. The molecule has 2 N–H and O–H groups in total. The van der Waals surface area contributed by atoms with Gasteiger partial charge in [0.25, 0.3) is 0 Å². The van der Waals surface area contributed by atoms with Gasteiger partial charge in [-0.3, -0.25) is 4.90 Å². The Labute approximate surface area is 87.2 Å². The maximum absolute atomic E-state index is 3.51. The minimum atomic E-state index is 0.698. The van der Waals surface area contributed by atoms with Crippen LogP contribution in [0.3, 0.4) is 0 Å². The summed E-state index contributed by atoms with van der Waals surface area (Å²) in [4.78, 5) is 2.71. The lowest BCUT2D eigenvalue weighted by atomic mass is 10.00. The lowest BCUT2D eigenvalue weighted by molar-refractivity contribution is 0.0539. The first kappa shape index (κ1) is 10.4. The second-order valence-corrected chi connectivity index (χ2v) is 4.80. The summed E-state index contributed by atoms with van der Waals surface area (Å²) in [6, 6.07) is 2.17. The zero-order valence-electron chi connectivity index (χ0n) is 9.42. The van der Waals surface area contributed by atoms with Crippen LogP contribution in [-0.2, 0) is 0 Å². The topological polar surface area (TPSA) is 27.3 Å². The molecule has 0 spiro atoms. The van der Waals surface area contributed by atoms with Crippen molar-refractivity contribution in [3.05, 3.63) is 0 Å². The van der Waals surface area contributed by atoms with Gasteiger partial charge in [-0.1, -0.05) is 0 Å². The molecule has 2 aliphatic rings. The van der Waals surface area contributed by atoms with Crippen molar-refractivity contribution in [3.8, 4) is 0 Å². The molecule has 2 aliphatic heterocycles. The summed E-state index contributed by atoms with van der Waals surface area (Å²) in [7, 11) is 0. The van der Waals surface area contributed by atoms with Crippen LogP contribution < -0.4 is 10.6 Å². The first-order valence-electron chi connectivity index (χ1n) is 5.98. The van der Waals surface area contributed by atoms with E-state index in [2.05, 4.69) is 29.4 Å². The molecule has 2 heterocycles. The van der Waals surface area contributed by atoms with Crippen LogP contribution in [0.2, 0.25) is 0 Å². The molecule has 0 aromatic heterocycles. The van der Waals surface area contributed by atoms with Gasteiger partial charge in [0, 0.05) is 37.8 Å². The number of rotatable bonds is 1. The Hall–Kier alpha value is -0.120. The van der Waals surface area contributed by atoms with Crippen molar-refractivity contribution in [2.75, 3.05) is 26.2 Å². The lowest BCUT2D eigenvalue weighted by Crippen LogP contribution is -2.61. The van der Waals surface area contributed by atoms with Crippen molar-refractivity contribution in [2.45, 2.75) is 44.8 Å². The van der Waals surface area contributed by atoms with Gasteiger partial charge >= 0.3 is 0 Å². The van der Waals surface area contributed by atoms with Crippen molar-refractivity contribution in [1.29, 1.82) is 0 Å². The molecule has 3 heteroatoms. The highest BCUT2D eigenvalue weighted by atomic mass is 15.3. The summed E-state index contributed by atoms with van der Waals surface area (Å²) in [6.07, 6.45) is 2.72. The van der Waals surface area contributed by atoms with Crippen LogP contribution in [0.25, 0.3) is 0 Å². The highest BCUT2D eigenvalue weighted by Gasteiger charge is 2.31. The summed E-state index contributed by atoms with van der Waals surface area (Å²) in [5.41, 5.74) is 0.